The van der Waals surface area contributed by atoms with Crippen molar-refractivity contribution in [3.8, 4) is 5.69 Å². The lowest BCUT2D eigenvalue weighted by Gasteiger charge is -2.04. The third-order valence-electron chi connectivity index (χ3n) is 1.84. The third kappa shape index (κ3) is 1.90. The molecule has 2 aromatic rings. The molecule has 0 N–H and O–H groups in total. The second kappa shape index (κ2) is 3.86. The van der Waals surface area contributed by atoms with Gasteiger partial charge in [0, 0.05) is 18.5 Å². The van der Waals surface area contributed by atoms with Crippen LogP contribution in [0.3, 0.4) is 0 Å². The lowest BCUT2D eigenvalue weighted by atomic mass is 10.3. The summed E-state index contributed by atoms with van der Waals surface area (Å²) in [5.41, 5.74) is 2.02. The van der Waals surface area contributed by atoms with E-state index in [0.717, 1.165) is 14.8 Å². The molecule has 0 fully saturated rings. The number of rotatable bonds is 1. The molecule has 0 unspecified atom stereocenters. The predicted molar refractivity (Wildman–Crippen MR) is 63.8 cm³/mol. The molecule has 0 radical (unpaired) electrons. The lowest BCUT2D eigenvalue weighted by molar-refractivity contribution is 0.869. The van der Waals surface area contributed by atoms with Crippen molar-refractivity contribution < 1.29 is 0 Å². The second-order valence-electron chi connectivity index (χ2n) is 2.90. The van der Waals surface area contributed by atoms with Gasteiger partial charge in [0.1, 0.15) is 5.15 Å². The quantitative estimate of drug-likeness (QED) is 0.598. The summed E-state index contributed by atoms with van der Waals surface area (Å²) in [5.74, 6) is 0. The molecule has 0 amide bonds. The molecule has 0 aliphatic heterocycles. The first-order valence-corrected chi connectivity index (χ1v) is 5.45. The first kappa shape index (κ1) is 9.92. The molecule has 0 aliphatic carbocycles. The maximum absolute atomic E-state index is 5.82. The van der Waals surface area contributed by atoms with Crippen molar-refractivity contribution in [2.75, 3.05) is 0 Å². The number of halogens is 2. The van der Waals surface area contributed by atoms with E-state index in [-0.39, 0.29) is 0 Å². The van der Waals surface area contributed by atoms with Crippen LogP contribution in [0.1, 0.15) is 5.56 Å². The Bertz CT molecular complexity index is 467. The zero-order valence-corrected chi connectivity index (χ0v) is 10.3. The zero-order chi connectivity index (χ0) is 10.1. The van der Waals surface area contributed by atoms with E-state index in [1.165, 1.54) is 0 Å². The van der Waals surface area contributed by atoms with Gasteiger partial charge in [0.05, 0.1) is 15.5 Å². The molecule has 2 rings (SSSR count). The van der Waals surface area contributed by atoms with Gasteiger partial charge in [0.15, 0.2) is 0 Å². The molecular formula is C9H7ClIN3. The molecule has 5 heteroatoms. The minimum Gasteiger partial charge on any atom is -0.244 e. The first-order chi connectivity index (χ1) is 6.66. The number of hydrogen-bond donors (Lipinski definition) is 0. The summed E-state index contributed by atoms with van der Waals surface area (Å²) in [4.78, 5) is 3.99. The zero-order valence-electron chi connectivity index (χ0n) is 7.41. The fourth-order valence-corrected chi connectivity index (χ4v) is 1.71. The van der Waals surface area contributed by atoms with E-state index in [1.807, 2.05) is 13.1 Å². The molecule has 0 atom stereocenters. The number of aryl methyl sites for hydroxylation is 1. The Morgan fingerprint density at radius 2 is 2.21 bits per heavy atom. The van der Waals surface area contributed by atoms with Gasteiger partial charge < -0.3 is 0 Å². The van der Waals surface area contributed by atoms with Crippen LogP contribution in [0.4, 0.5) is 0 Å². The summed E-state index contributed by atoms with van der Waals surface area (Å²) >= 11 is 8.04. The number of aromatic nitrogens is 3. The highest BCUT2D eigenvalue weighted by Gasteiger charge is 2.04. The smallest absolute Gasteiger partial charge is 0.131 e. The maximum Gasteiger partial charge on any atom is 0.131 e. The Balaban J connectivity index is 2.55. The fourth-order valence-electron chi connectivity index (χ4n) is 1.17. The first-order valence-electron chi connectivity index (χ1n) is 3.99. The highest BCUT2D eigenvalue weighted by Crippen LogP contribution is 2.17. The summed E-state index contributed by atoms with van der Waals surface area (Å²) in [6, 6.07) is 1.81. The summed E-state index contributed by atoms with van der Waals surface area (Å²) < 4.78 is 2.89. The second-order valence-corrected chi connectivity index (χ2v) is 4.53. The van der Waals surface area contributed by atoms with Gasteiger partial charge in [0.25, 0.3) is 0 Å². The average molecular weight is 320 g/mol. The van der Waals surface area contributed by atoms with Gasteiger partial charge in [-0.15, -0.1) is 0 Å². The van der Waals surface area contributed by atoms with Gasteiger partial charge in [-0.05, 0) is 35.1 Å². The SMILES string of the molecule is Cc1cnc(Cl)cc1-n1cc(I)cn1. The van der Waals surface area contributed by atoms with Gasteiger partial charge in [-0.1, -0.05) is 11.6 Å². The van der Waals surface area contributed by atoms with Gasteiger partial charge in [-0.3, -0.25) is 0 Å². The number of nitrogens with zero attached hydrogens (tertiary/aromatic N) is 3. The van der Waals surface area contributed by atoms with Gasteiger partial charge in [0.2, 0.25) is 0 Å². The van der Waals surface area contributed by atoms with Crippen molar-refractivity contribution in [2.24, 2.45) is 0 Å². The standard InChI is InChI=1S/C9H7ClIN3/c1-6-3-12-9(10)2-8(6)14-5-7(11)4-13-14/h2-5H,1H3. The molecule has 0 saturated heterocycles. The summed E-state index contributed by atoms with van der Waals surface area (Å²) in [7, 11) is 0. The molecule has 0 aliphatic rings. The van der Waals surface area contributed by atoms with E-state index < -0.39 is 0 Å². The molecular weight excluding hydrogens is 312 g/mol. The van der Waals surface area contributed by atoms with Crippen LogP contribution in [0.15, 0.2) is 24.7 Å². The van der Waals surface area contributed by atoms with E-state index in [0.29, 0.717) is 5.15 Å². The van der Waals surface area contributed by atoms with Crippen molar-refractivity contribution >= 4 is 34.2 Å². The monoisotopic (exact) mass is 319 g/mol. The minimum absolute atomic E-state index is 0.483. The highest BCUT2D eigenvalue weighted by molar-refractivity contribution is 14.1. The molecule has 0 aromatic carbocycles. The van der Waals surface area contributed by atoms with Crippen LogP contribution in [0.5, 0.6) is 0 Å². The van der Waals surface area contributed by atoms with Crippen LogP contribution in [-0.4, -0.2) is 14.8 Å². The summed E-state index contributed by atoms with van der Waals surface area (Å²) in [6.45, 7) is 1.98. The van der Waals surface area contributed by atoms with E-state index in [1.54, 1.807) is 23.1 Å². The number of pyridine rings is 1. The Morgan fingerprint density at radius 3 is 2.86 bits per heavy atom. The van der Waals surface area contributed by atoms with Crippen molar-refractivity contribution in [1.29, 1.82) is 0 Å². The van der Waals surface area contributed by atoms with E-state index in [2.05, 4.69) is 32.7 Å². The molecule has 3 nitrogen and oxygen atoms in total. The van der Waals surface area contributed by atoms with E-state index in [9.17, 15) is 0 Å². The topological polar surface area (TPSA) is 30.7 Å². The van der Waals surface area contributed by atoms with Crippen molar-refractivity contribution in [2.45, 2.75) is 6.92 Å². The predicted octanol–water partition coefficient (Wildman–Crippen LogP) is 2.83. The lowest BCUT2D eigenvalue weighted by Crippen LogP contribution is -1.98. The Morgan fingerprint density at radius 1 is 1.43 bits per heavy atom. The van der Waals surface area contributed by atoms with Crippen LogP contribution in [0, 0.1) is 10.5 Å². The largest absolute Gasteiger partial charge is 0.244 e. The van der Waals surface area contributed by atoms with Crippen LogP contribution in [0.2, 0.25) is 5.15 Å². The van der Waals surface area contributed by atoms with Crippen molar-refractivity contribution in [3.05, 3.63) is 38.9 Å². The molecule has 14 heavy (non-hydrogen) atoms. The van der Waals surface area contributed by atoms with Crippen LogP contribution < -0.4 is 0 Å². The molecule has 0 bridgehead atoms. The van der Waals surface area contributed by atoms with Crippen molar-refractivity contribution in [3.63, 3.8) is 0 Å². The normalized spacial score (nSPS) is 10.5. The highest BCUT2D eigenvalue weighted by atomic mass is 127. The summed E-state index contributed by atoms with van der Waals surface area (Å²) in [5, 5.41) is 4.69. The fraction of sp³-hybridized carbons (Fsp3) is 0.111. The molecule has 72 valence electrons. The molecule has 0 saturated carbocycles. The van der Waals surface area contributed by atoms with Crippen LogP contribution >= 0.6 is 34.2 Å². The van der Waals surface area contributed by atoms with Crippen LogP contribution in [0.25, 0.3) is 5.69 Å². The van der Waals surface area contributed by atoms with E-state index in [4.69, 9.17) is 11.6 Å². The van der Waals surface area contributed by atoms with Crippen molar-refractivity contribution in [1.82, 2.24) is 14.8 Å². The Hall–Kier alpha value is -0.620. The minimum atomic E-state index is 0.483. The maximum atomic E-state index is 5.82. The van der Waals surface area contributed by atoms with Gasteiger partial charge in [-0.25, -0.2) is 9.67 Å². The molecule has 2 aromatic heterocycles. The van der Waals surface area contributed by atoms with Crippen LogP contribution in [-0.2, 0) is 0 Å². The summed E-state index contributed by atoms with van der Waals surface area (Å²) in [6.07, 6.45) is 5.49. The molecule has 0 spiro atoms. The Labute approximate surface area is 100 Å². The Kier molecular flexibility index (Phi) is 2.73. The van der Waals surface area contributed by atoms with E-state index >= 15 is 0 Å². The third-order valence-corrected chi connectivity index (χ3v) is 2.60. The van der Waals surface area contributed by atoms with Gasteiger partial charge >= 0.3 is 0 Å². The average Bonchev–Trinajstić information content (AvgIpc) is 2.56. The molecule has 2 heterocycles. The van der Waals surface area contributed by atoms with Gasteiger partial charge in [-0.2, -0.15) is 5.10 Å². The number of hydrogen-bond acceptors (Lipinski definition) is 2.